The van der Waals surface area contributed by atoms with Crippen molar-refractivity contribution < 1.29 is 22.4 Å². The predicted molar refractivity (Wildman–Crippen MR) is 164 cm³/mol. The van der Waals surface area contributed by atoms with E-state index in [2.05, 4.69) is 15.5 Å². The zero-order valence-electron chi connectivity index (χ0n) is 25.3. The molecule has 1 saturated heterocycles. The lowest BCUT2D eigenvalue weighted by atomic mass is 9.89. The summed E-state index contributed by atoms with van der Waals surface area (Å²) in [6, 6.07) is 3.14. The van der Waals surface area contributed by atoms with Crippen LogP contribution in [0.2, 0.25) is 0 Å². The topological polar surface area (TPSA) is 127 Å². The molecule has 1 aromatic heterocycles. The molecule has 4 aliphatic rings. The predicted octanol–water partition coefficient (Wildman–Crippen LogP) is 3.89. The molecule has 0 atom stereocenters. The van der Waals surface area contributed by atoms with E-state index in [0.717, 1.165) is 63.0 Å². The van der Waals surface area contributed by atoms with E-state index in [-0.39, 0.29) is 29.3 Å². The van der Waals surface area contributed by atoms with Crippen molar-refractivity contribution in [2.75, 3.05) is 30.7 Å². The molecule has 3 heterocycles. The fourth-order valence-corrected chi connectivity index (χ4v) is 10.2. The number of carbonyl (C=O) groups excluding carboxylic acids is 2. The van der Waals surface area contributed by atoms with Crippen LogP contribution >= 0.6 is 0 Å². The van der Waals surface area contributed by atoms with Crippen LogP contribution in [0.15, 0.2) is 17.0 Å². The standard InChI is InChI=1S/C32H44FN5O4S/c1-32(2)18-27-30(43(41,42)19-32)23-6-5-7-26(23)38(27)22-16-24(33)29(31(34)40)25(17-22)35-20-8-10-21(11-9-20)36-28(39)12-15-37-13-3-4-14-37/h16-17,20-21,35H,3-15,18-19H2,1-2H3,(H2,34,40)(H,36,39). The summed E-state index contributed by atoms with van der Waals surface area (Å²) in [6.45, 7) is 6.85. The minimum atomic E-state index is -3.49. The Bertz CT molecular complexity index is 1540. The van der Waals surface area contributed by atoms with Gasteiger partial charge in [0.1, 0.15) is 5.82 Å². The van der Waals surface area contributed by atoms with Crippen LogP contribution in [0.5, 0.6) is 0 Å². The van der Waals surface area contributed by atoms with Gasteiger partial charge in [0.05, 0.1) is 27.6 Å². The third kappa shape index (κ3) is 6.07. The third-order valence-corrected chi connectivity index (χ3v) is 12.0. The highest BCUT2D eigenvalue weighted by Gasteiger charge is 2.42. The van der Waals surface area contributed by atoms with Gasteiger partial charge in [0.2, 0.25) is 5.91 Å². The van der Waals surface area contributed by atoms with Crippen LogP contribution < -0.4 is 16.4 Å². The summed E-state index contributed by atoms with van der Waals surface area (Å²) in [5.41, 5.74) is 8.34. The monoisotopic (exact) mass is 613 g/mol. The highest BCUT2D eigenvalue weighted by Crippen LogP contribution is 2.45. The van der Waals surface area contributed by atoms with E-state index in [0.29, 0.717) is 47.6 Å². The first-order valence-corrected chi connectivity index (χ1v) is 17.5. The molecule has 1 saturated carbocycles. The van der Waals surface area contributed by atoms with Crippen LogP contribution in [-0.4, -0.2) is 67.2 Å². The van der Waals surface area contributed by atoms with E-state index in [9.17, 15) is 18.0 Å². The van der Waals surface area contributed by atoms with Crippen molar-refractivity contribution >= 4 is 27.3 Å². The Balaban J connectivity index is 1.22. The minimum Gasteiger partial charge on any atom is -0.382 e. The zero-order chi connectivity index (χ0) is 30.5. The molecule has 11 heteroatoms. The number of nitrogens with zero attached hydrogens (tertiary/aromatic N) is 2. The number of amides is 2. The van der Waals surface area contributed by atoms with Gasteiger partial charge in [-0.15, -0.1) is 0 Å². The molecular formula is C32H44FN5O4S. The molecule has 2 aliphatic carbocycles. The number of rotatable bonds is 8. The number of aromatic nitrogens is 1. The van der Waals surface area contributed by atoms with Crippen molar-refractivity contribution in [2.45, 2.75) is 101 Å². The molecule has 9 nitrogen and oxygen atoms in total. The zero-order valence-corrected chi connectivity index (χ0v) is 26.1. The number of likely N-dealkylation sites (tertiary alicyclic amines) is 1. The lowest BCUT2D eigenvalue weighted by Gasteiger charge is -2.32. The summed E-state index contributed by atoms with van der Waals surface area (Å²) in [5.74, 6) is -1.40. The average molecular weight is 614 g/mol. The van der Waals surface area contributed by atoms with Gasteiger partial charge >= 0.3 is 0 Å². The molecule has 0 spiro atoms. The van der Waals surface area contributed by atoms with Crippen LogP contribution in [0.4, 0.5) is 10.1 Å². The number of benzene rings is 1. The lowest BCUT2D eigenvalue weighted by molar-refractivity contribution is -0.122. The number of hydrogen-bond donors (Lipinski definition) is 3. The van der Waals surface area contributed by atoms with Crippen LogP contribution in [0.1, 0.15) is 92.5 Å². The van der Waals surface area contributed by atoms with Gasteiger partial charge in [-0.3, -0.25) is 9.59 Å². The molecule has 2 aromatic rings. The Labute approximate surface area is 253 Å². The number of nitrogens with one attached hydrogen (secondary N) is 2. The molecule has 2 amide bonds. The van der Waals surface area contributed by atoms with Gasteiger partial charge in [0, 0.05) is 36.4 Å². The molecular weight excluding hydrogens is 569 g/mol. The highest BCUT2D eigenvalue weighted by molar-refractivity contribution is 7.91. The Morgan fingerprint density at radius 1 is 1.02 bits per heavy atom. The first-order chi connectivity index (χ1) is 20.4. The Morgan fingerprint density at radius 2 is 1.72 bits per heavy atom. The molecule has 2 fully saturated rings. The maximum atomic E-state index is 15.7. The molecule has 4 N–H and O–H groups in total. The van der Waals surface area contributed by atoms with E-state index in [1.165, 1.54) is 18.9 Å². The number of hydrogen-bond acceptors (Lipinski definition) is 6. The lowest BCUT2D eigenvalue weighted by Crippen LogP contribution is -2.41. The van der Waals surface area contributed by atoms with Crippen molar-refractivity contribution in [3.05, 3.63) is 40.5 Å². The second-order valence-corrected chi connectivity index (χ2v) is 15.7. The molecule has 0 unspecified atom stereocenters. The number of anilines is 1. The smallest absolute Gasteiger partial charge is 0.253 e. The Hall–Kier alpha value is -2.92. The van der Waals surface area contributed by atoms with E-state index >= 15 is 4.39 Å². The first kappa shape index (κ1) is 30.1. The molecule has 0 bridgehead atoms. The van der Waals surface area contributed by atoms with E-state index in [4.69, 9.17) is 5.73 Å². The van der Waals surface area contributed by atoms with Crippen LogP contribution in [-0.2, 0) is 33.9 Å². The van der Waals surface area contributed by atoms with Crippen molar-refractivity contribution in [3.63, 3.8) is 0 Å². The van der Waals surface area contributed by atoms with Gasteiger partial charge in [-0.1, -0.05) is 13.8 Å². The van der Waals surface area contributed by atoms with E-state index in [1.807, 2.05) is 18.4 Å². The van der Waals surface area contributed by atoms with Crippen LogP contribution in [0, 0.1) is 11.2 Å². The molecule has 234 valence electrons. The van der Waals surface area contributed by atoms with Crippen LogP contribution in [0.25, 0.3) is 5.69 Å². The maximum Gasteiger partial charge on any atom is 0.253 e. The average Bonchev–Trinajstić information content (AvgIpc) is 3.65. The van der Waals surface area contributed by atoms with Gasteiger partial charge in [-0.25, -0.2) is 12.8 Å². The summed E-state index contributed by atoms with van der Waals surface area (Å²) in [7, 11) is -3.49. The number of carbonyl (C=O) groups is 2. The molecule has 0 radical (unpaired) electrons. The number of fused-ring (bicyclic) bond motifs is 3. The summed E-state index contributed by atoms with van der Waals surface area (Å²) in [4.78, 5) is 27.7. The number of sulfone groups is 1. The molecule has 6 rings (SSSR count). The van der Waals surface area contributed by atoms with Gasteiger partial charge in [-0.05, 0) is 100 Å². The minimum absolute atomic E-state index is 0.0193. The van der Waals surface area contributed by atoms with Gasteiger partial charge < -0.3 is 25.8 Å². The van der Waals surface area contributed by atoms with Crippen molar-refractivity contribution in [2.24, 2.45) is 11.1 Å². The maximum absolute atomic E-state index is 15.7. The second-order valence-electron chi connectivity index (χ2n) is 13.8. The Morgan fingerprint density at radius 3 is 2.42 bits per heavy atom. The Kier molecular flexibility index (Phi) is 8.08. The second kappa shape index (κ2) is 11.5. The summed E-state index contributed by atoms with van der Waals surface area (Å²) >= 11 is 0. The van der Waals surface area contributed by atoms with Crippen LogP contribution in [0.3, 0.4) is 0 Å². The van der Waals surface area contributed by atoms with Gasteiger partial charge in [0.25, 0.3) is 5.91 Å². The number of primary amides is 1. The quantitative estimate of drug-likeness (QED) is 0.415. The SMILES string of the molecule is CC1(C)Cc2c(c3c(n2-c2cc(F)c(C(N)=O)c(NC4CCC(NC(=O)CCN5CCCC5)CC4)c2)CCC3)S(=O)(=O)C1. The normalized spacial score (nSPS) is 24.3. The summed E-state index contributed by atoms with van der Waals surface area (Å²) in [6.07, 6.45) is 8.81. The molecule has 2 aliphatic heterocycles. The fourth-order valence-electron chi connectivity index (χ4n) is 7.84. The van der Waals surface area contributed by atoms with Gasteiger partial charge in [-0.2, -0.15) is 0 Å². The third-order valence-electron chi connectivity index (χ3n) is 9.69. The number of nitrogens with two attached hydrogens (primary N) is 1. The largest absolute Gasteiger partial charge is 0.382 e. The highest BCUT2D eigenvalue weighted by atomic mass is 32.2. The van der Waals surface area contributed by atoms with Crippen molar-refractivity contribution in [1.82, 2.24) is 14.8 Å². The van der Waals surface area contributed by atoms with Crippen molar-refractivity contribution in [3.8, 4) is 5.69 Å². The van der Waals surface area contributed by atoms with E-state index in [1.54, 1.807) is 6.07 Å². The number of halogens is 1. The summed E-state index contributed by atoms with van der Waals surface area (Å²) in [5, 5.41) is 6.58. The fraction of sp³-hybridized carbons (Fsp3) is 0.625. The van der Waals surface area contributed by atoms with E-state index < -0.39 is 27.0 Å². The molecule has 1 aromatic carbocycles. The first-order valence-electron chi connectivity index (χ1n) is 15.8. The molecule has 43 heavy (non-hydrogen) atoms. The van der Waals surface area contributed by atoms with Gasteiger partial charge in [0.15, 0.2) is 9.84 Å². The van der Waals surface area contributed by atoms with Crippen molar-refractivity contribution in [1.29, 1.82) is 0 Å². The summed E-state index contributed by atoms with van der Waals surface area (Å²) < 4.78 is 44.5.